The molecule has 7 heteroatoms. The normalized spacial score (nSPS) is 17.4. The summed E-state index contributed by atoms with van der Waals surface area (Å²) in [6, 6.07) is 11.2. The Morgan fingerprint density at radius 2 is 1.89 bits per heavy atom. The zero-order chi connectivity index (χ0) is 20.1. The minimum absolute atomic E-state index is 0.00337. The molecule has 1 aliphatic rings. The molecule has 0 bridgehead atoms. The molecule has 1 fully saturated rings. The summed E-state index contributed by atoms with van der Waals surface area (Å²) in [6.45, 7) is 6.30. The molecule has 4 nitrogen and oxygen atoms in total. The first-order valence-corrected chi connectivity index (χ1v) is 11.3. The van der Waals surface area contributed by atoms with E-state index < -0.39 is 15.1 Å². The van der Waals surface area contributed by atoms with Crippen LogP contribution in [0.15, 0.2) is 60.1 Å². The molecular weight excluding hydrogens is 399 g/mol. The lowest BCUT2D eigenvalue weighted by Crippen LogP contribution is -2.40. The summed E-state index contributed by atoms with van der Waals surface area (Å²) in [5.74, 6) is -0.221. The molecule has 1 aromatic carbocycles. The van der Waals surface area contributed by atoms with Gasteiger partial charge in [0.05, 0.1) is 5.25 Å². The van der Waals surface area contributed by atoms with E-state index in [0.717, 1.165) is 44.5 Å². The van der Waals surface area contributed by atoms with Gasteiger partial charge in [-0.3, -0.25) is 0 Å². The summed E-state index contributed by atoms with van der Waals surface area (Å²) in [4.78, 5) is 6.31. The zero-order valence-electron chi connectivity index (χ0n) is 15.6. The van der Waals surface area contributed by atoms with Gasteiger partial charge in [0.1, 0.15) is 11.0 Å². The summed E-state index contributed by atoms with van der Waals surface area (Å²) < 4.78 is 39.0. The van der Waals surface area contributed by atoms with Gasteiger partial charge in [-0.15, -0.1) is 6.58 Å². The maximum absolute atomic E-state index is 13.0. The van der Waals surface area contributed by atoms with E-state index in [1.807, 2.05) is 0 Å². The van der Waals surface area contributed by atoms with Crippen molar-refractivity contribution in [2.24, 2.45) is 5.92 Å². The second-order valence-corrected chi connectivity index (χ2v) is 9.54. The van der Waals surface area contributed by atoms with Crippen molar-refractivity contribution < 1.29 is 12.8 Å². The lowest BCUT2D eigenvalue weighted by atomic mass is 9.93. The highest BCUT2D eigenvalue weighted by molar-refractivity contribution is 7.92. The number of benzene rings is 1. The Kier molecular flexibility index (Phi) is 6.86. The largest absolute Gasteiger partial charge is 0.303 e. The highest BCUT2D eigenvalue weighted by Gasteiger charge is 2.35. The Labute approximate surface area is 171 Å². The van der Waals surface area contributed by atoms with Crippen molar-refractivity contribution in [2.45, 2.75) is 29.5 Å². The molecule has 28 heavy (non-hydrogen) atoms. The lowest BCUT2D eigenvalue weighted by Gasteiger charge is -2.34. The second-order valence-electron chi connectivity index (χ2n) is 7.10. The average molecular weight is 423 g/mol. The topological polar surface area (TPSA) is 50.3 Å². The smallest absolute Gasteiger partial charge is 0.202 e. The maximum atomic E-state index is 13.0. The molecule has 0 saturated carbocycles. The number of hydrogen-bond acceptors (Lipinski definition) is 4. The van der Waals surface area contributed by atoms with E-state index in [1.54, 1.807) is 24.3 Å². The van der Waals surface area contributed by atoms with Crippen molar-refractivity contribution in [3.8, 4) is 0 Å². The van der Waals surface area contributed by atoms with E-state index in [4.69, 9.17) is 11.6 Å². The number of rotatable bonds is 7. The van der Waals surface area contributed by atoms with Gasteiger partial charge in [-0.05, 0) is 68.1 Å². The molecule has 1 saturated heterocycles. The molecule has 1 aromatic heterocycles. The summed E-state index contributed by atoms with van der Waals surface area (Å²) in [7, 11) is -3.62. The second kappa shape index (κ2) is 9.16. The third kappa shape index (κ3) is 4.99. The molecular formula is C21H24ClFN2O2S. The molecule has 1 unspecified atom stereocenters. The molecule has 1 aliphatic heterocycles. The highest BCUT2D eigenvalue weighted by Crippen LogP contribution is 2.29. The molecule has 2 heterocycles. The number of nitrogens with zero attached hydrogens (tertiary/aromatic N) is 2. The molecule has 0 N–H and O–H groups in total. The Balaban J connectivity index is 1.59. The van der Waals surface area contributed by atoms with Crippen molar-refractivity contribution >= 4 is 21.4 Å². The van der Waals surface area contributed by atoms with Gasteiger partial charge in [0.2, 0.25) is 9.84 Å². The minimum Gasteiger partial charge on any atom is -0.303 e. The first-order chi connectivity index (χ1) is 13.4. The van der Waals surface area contributed by atoms with Crippen LogP contribution in [0.4, 0.5) is 4.39 Å². The van der Waals surface area contributed by atoms with Gasteiger partial charge in [0, 0.05) is 6.54 Å². The zero-order valence-corrected chi connectivity index (χ0v) is 17.2. The van der Waals surface area contributed by atoms with Gasteiger partial charge in [-0.25, -0.2) is 17.8 Å². The van der Waals surface area contributed by atoms with Gasteiger partial charge < -0.3 is 4.90 Å². The number of pyridine rings is 1. The third-order valence-electron chi connectivity index (χ3n) is 5.30. The van der Waals surface area contributed by atoms with Gasteiger partial charge in [-0.2, -0.15) is 0 Å². The predicted octanol–water partition coefficient (Wildman–Crippen LogP) is 4.16. The summed E-state index contributed by atoms with van der Waals surface area (Å²) in [5, 5.41) is -0.499. The third-order valence-corrected chi connectivity index (χ3v) is 7.61. The van der Waals surface area contributed by atoms with Crippen LogP contribution in [0.3, 0.4) is 0 Å². The Morgan fingerprint density at radius 3 is 2.50 bits per heavy atom. The van der Waals surface area contributed by atoms with E-state index in [9.17, 15) is 12.8 Å². The molecule has 0 spiro atoms. The molecule has 0 amide bonds. The fourth-order valence-corrected chi connectivity index (χ4v) is 5.72. The number of aromatic nitrogens is 1. The van der Waals surface area contributed by atoms with Crippen LogP contribution in [0.25, 0.3) is 0 Å². The van der Waals surface area contributed by atoms with Crippen LogP contribution >= 0.6 is 11.6 Å². The van der Waals surface area contributed by atoms with Gasteiger partial charge >= 0.3 is 0 Å². The van der Waals surface area contributed by atoms with E-state index in [2.05, 4.69) is 16.5 Å². The molecule has 3 rings (SSSR count). The lowest BCUT2D eigenvalue weighted by molar-refractivity contribution is 0.188. The monoisotopic (exact) mass is 422 g/mol. The van der Waals surface area contributed by atoms with Crippen molar-refractivity contribution in [3.05, 3.63) is 71.7 Å². The van der Waals surface area contributed by atoms with E-state index in [-0.39, 0.29) is 21.9 Å². The predicted molar refractivity (Wildman–Crippen MR) is 110 cm³/mol. The standard InChI is InChI=1S/C21H24ClFN2O2S/c1-2-19(28(26,27)21-5-3-4-20(22)24-21)17-11-14-25(15-12-17)13-10-16-6-8-18(23)9-7-16/h2-9,17,19H,1,10-15H2. The number of sulfone groups is 1. The number of piperidine rings is 1. The maximum Gasteiger partial charge on any atom is 0.202 e. The van der Waals surface area contributed by atoms with Crippen LogP contribution in [-0.4, -0.2) is 43.2 Å². The van der Waals surface area contributed by atoms with Gasteiger partial charge in [0.15, 0.2) is 5.03 Å². The van der Waals surface area contributed by atoms with Crippen molar-refractivity contribution in [1.82, 2.24) is 9.88 Å². The number of hydrogen-bond donors (Lipinski definition) is 0. The molecule has 0 aliphatic carbocycles. The molecule has 2 aromatic rings. The summed E-state index contributed by atoms with van der Waals surface area (Å²) >= 11 is 5.87. The Morgan fingerprint density at radius 1 is 1.21 bits per heavy atom. The summed E-state index contributed by atoms with van der Waals surface area (Å²) in [6.07, 6.45) is 3.93. The number of likely N-dealkylation sites (tertiary alicyclic amines) is 1. The minimum atomic E-state index is -3.62. The van der Waals surface area contributed by atoms with Crippen LogP contribution in [0.5, 0.6) is 0 Å². The van der Waals surface area contributed by atoms with Crippen LogP contribution in [0.2, 0.25) is 5.15 Å². The SMILES string of the molecule is C=CC(C1CCN(CCc2ccc(F)cc2)CC1)S(=O)(=O)c1cccc(Cl)n1. The van der Waals surface area contributed by atoms with Crippen LogP contribution in [-0.2, 0) is 16.3 Å². The highest BCUT2D eigenvalue weighted by atomic mass is 35.5. The van der Waals surface area contributed by atoms with Crippen molar-refractivity contribution in [2.75, 3.05) is 19.6 Å². The Hall–Kier alpha value is -1.76. The Bertz CT molecular complexity index is 910. The quantitative estimate of drug-likeness (QED) is 0.496. The van der Waals surface area contributed by atoms with E-state index in [1.165, 1.54) is 24.3 Å². The van der Waals surface area contributed by atoms with E-state index in [0.29, 0.717) is 0 Å². The van der Waals surface area contributed by atoms with Crippen LogP contribution in [0, 0.1) is 11.7 Å². The first-order valence-electron chi connectivity index (χ1n) is 9.36. The van der Waals surface area contributed by atoms with Crippen molar-refractivity contribution in [1.29, 1.82) is 0 Å². The first kappa shape index (κ1) is 21.0. The number of halogens is 2. The summed E-state index contributed by atoms with van der Waals surface area (Å²) in [5.41, 5.74) is 1.10. The van der Waals surface area contributed by atoms with Crippen LogP contribution < -0.4 is 0 Å². The fourth-order valence-electron chi connectivity index (χ4n) is 3.70. The fraction of sp³-hybridized carbons (Fsp3) is 0.381. The van der Waals surface area contributed by atoms with Gasteiger partial charge in [0.25, 0.3) is 0 Å². The molecule has 150 valence electrons. The molecule has 0 radical (unpaired) electrons. The van der Waals surface area contributed by atoms with Crippen LogP contribution in [0.1, 0.15) is 18.4 Å². The van der Waals surface area contributed by atoms with Gasteiger partial charge in [-0.1, -0.05) is 35.9 Å². The van der Waals surface area contributed by atoms with Crippen molar-refractivity contribution in [3.63, 3.8) is 0 Å². The van der Waals surface area contributed by atoms with E-state index >= 15 is 0 Å². The average Bonchev–Trinajstić information content (AvgIpc) is 2.69. The molecule has 1 atom stereocenters.